The predicted octanol–water partition coefficient (Wildman–Crippen LogP) is 1.57. The average Bonchev–Trinajstić information content (AvgIpc) is 3.29. The van der Waals surface area contributed by atoms with Crippen LogP contribution in [0, 0.1) is 11.3 Å². The number of ether oxygens (including phenoxy) is 1. The molecule has 0 saturated carbocycles. The Hall–Kier alpha value is -2.40. The Bertz CT molecular complexity index is 980. The number of carbonyl (C=O) groups excluding carboxylic acids is 3. The maximum atomic E-state index is 13.0. The van der Waals surface area contributed by atoms with Crippen molar-refractivity contribution in [3.05, 3.63) is 17.9 Å². The van der Waals surface area contributed by atoms with Gasteiger partial charge in [-0.3, -0.25) is 9.59 Å². The minimum absolute atomic E-state index is 0.0116. The third-order valence-electron chi connectivity index (χ3n) is 5.98. The number of furan rings is 1. The smallest absolute Gasteiger partial charge is 0.374 e. The molecule has 0 radical (unpaired) electrons. The summed E-state index contributed by atoms with van der Waals surface area (Å²) < 4.78 is 37.1. The van der Waals surface area contributed by atoms with E-state index in [0.717, 1.165) is 0 Å². The van der Waals surface area contributed by atoms with Gasteiger partial charge in [0.2, 0.25) is 22.7 Å². The van der Waals surface area contributed by atoms with Crippen molar-refractivity contribution in [2.24, 2.45) is 11.3 Å². The second kappa shape index (κ2) is 9.84. The van der Waals surface area contributed by atoms with Crippen LogP contribution < -0.4 is 0 Å². The fourth-order valence-electron chi connectivity index (χ4n) is 4.10. The number of sulfonamides is 1. The highest BCUT2D eigenvalue weighted by atomic mass is 32.2. The van der Waals surface area contributed by atoms with Crippen LogP contribution in [0.1, 0.15) is 51.1 Å². The number of amides is 2. The first-order chi connectivity index (χ1) is 15.4. The molecule has 3 rings (SSSR count). The number of esters is 1. The Kier molecular flexibility index (Phi) is 7.52. The zero-order valence-corrected chi connectivity index (χ0v) is 20.5. The van der Waals surface area contributed by atoms with Crippen molar-refractivity contribution in [2.45, 2.75) is 45.6 Å². The van der Waals surface area contributed by atoms with E-state index < -0.39 is 21.4 Å². The largest absolute Gasteiger partial charge is 0.460 e. The zero-order valence-electron chi connectivity index (χ0n) is 19.7. The number of nitrogens with zero attached hydrogens (tertiary/aromatic N) is 3. The molecule has 2 amide bonds. The van der Waals surface area contributed by atoms with E-state index in [1.807, 2.05) is 20.8 Å². The van der Waals surface area contributed by atoms with Gasteiger partial charge in [-0.15, -0.1) is 0 Å². The first-order valence-corrected chi connectivity index (χ1v) is 12.7. The van der Waals surface area contributed by atoms with E-state index in [9.17, 15) is 22.8 Å². The van der Waals surface area contributed by atoms with Crippen molar-refractivity contribution >= 4 is 27.8 Å². The Balaban J connectivity index is 1.54. The molecule has 2 aliphatic heterocycles. The minimum atomic E-state index is -3.90. The van der Waals surface area contributed by atoms with Gasteiger partial charge >= 0.3 is 5.97 Å². The molecule has 0 N–H and O–H groups in total. The number of hydrogen-bond donors (Lipinski definition) is 0. The molecule has 0 unspecified atom stereocenters. The maximum absolute atomic E-state index is 13.0. The summed E-state index contributed by atoms with van der Waals surface area (Å²) in [6.07, 6.45) is 0.815. The quantitative estimate of drug-likeness (QED) is 0.584. The summed E-state index contributed by atoms with van der Waals surface area (Å²) in [5.74, 6) is -1.04. The highest BCUT2D eigenvalue weighted by molar-refractivity contribution is 7.89. The van der Waals surface area contributed by atoms with Gasteiger partial charge in [-0.05, 0) is 31.9 Å². The van der Waals surface area contributed by atoms with Gasteiger partial charge in [0.1, 0.15) is 0 Å². The standard InChI is InChI=1S/C22H33N3O7S/c1-5-31-20(27)17-6-7-18(32-17)33(29,30)25-10-8-16(9-11-25)19(26)23-12-14-24(15-13-23)21(28)22(2,3)4/h6-7,16H,5,8-15H2,1-4H3. The van der Waals surface area contributed by atoms with Gasteiger partial charge in [-0.25, -0.2) is 13.2 Å². The number of piperidine rings is 1. The lowest BCUT2D eigenvalue weighted by Crippen LogP contribution is -2.54. The highest BCUT2D eigenvalue weighted by Gasteiger charge is 2.37. The fourth-order valence-corrected chi connectivity index (χ4v) is 5.48. The Morgan fingerprint density at radius 2 is 1.58 bits per heavy atom. The molecule has 11 heteroatoms. The van der Waals surface area contributed by atoms with Gasteiger partial charge in [0, 0.05) is 50.6 Å². The zero-order chi connectivity index (χ0) is 24.4. The van der Waals surface area contributed by atoms with Crippen LogP contribution in [0.5, 0.6) is 0 Å². The SMILES string of the molecule is CCOC(=O)c1ccc(S(=O)(=O)N2CCC(C(=O)N3CCN(C(=O)C(C)(C)C)CC3)CC2)o1. The van der Waals surface area contributed by atoms with Crippen LogP contribution in [0.3, 0.4) is 0 Å². The lowest BCUT2D eigenvalue weighted by Gasteiger charge is -2.39. The van der Waals surface area contributed by atoms with Gasteiger partial charge in [0.25, 0.3) is 10.0 Å². The van der Waals surface area contributed by atoms with Gasteiger partial charge in [-0.2, -0.15) is 4.31 Å². The van der Waals surface area contributed by atoms with Crippen molar-refractivity contribution in [3.8, 4) is 0 Å². The molecule has 1 aromatic rings. The monoisotopic (exact) mass is 483 g/mol. The van der Waals surface area contributed by atoms with E-state index in [1.54, 1.807) is 16.7 Å². The van der Waals surface area contributed by atoms with E-state index in [2.05, 4.69) is 0 Å². The van der Waals surface area contributed by atoms with Gasteiger partial charge in [-0.1, -0.05) is 20.8 Å². The molecule has 184 valence electrons. The third-order valence-corrected chi connectivity index (χ3v) is 7.75. The topological polar surface area (TPSA) is 117 Å². The molecule has 0 atom stereocenters. The highest BCUT2D eigenvalue weighted by Crippen LogP contribution is 2.27. The number of piperazine rings is 1. The van der Waals surface area contributed by atoms with E-state index in [1.165, 1.54) is 16.4 Å². The molecular formula is C22H33N3O7S. The lowest BCUT2D eigenvalue weighted by molar-refractivity contribution is -0.146. The predicted molar refractivity (Wildman–Crippen MR) is 119 cm³/mol. The molecule has 33 heavy (non-hydrogen) atoms. The van der Waals surface area contributed by atoms with E-state index >= 15 is 0 Å². The van der Waals surface area contributed by atoms with Crippen molar-refractivity contribution in [1.82, 2.24) is 14.1 Å². The van der Waals surface area contributed by atoms with E-state index in [-0.39, 0.29) is 48.3 Å². The van der Waals surface area contributed by atoms with Gasteiger partial charge in [0.15, 0.2) is 0 Å². The molecule has 0 aromatic carbocycles. The van der Waals surface area contributed by atoms with Crippen molar-refractivity contribution < 1.29 is 32.0 Å². The summed E-state index contributed by atoms with van der Waals surface area (Å²) in [4.78, 5) is 40.7. The first-order valence-electron chi connectivity index (χ1n) is 11.3. The van der Waals surface area contributed by atoms with E-state index in [0.29, 0.717) is 39.0 Å². The van der Waals surface area contributed by atoms with E-state index in [4.69, 9.17) is 9.15 Å². The average molecular weight is 484 g/mol. The molecule has 0 bridgehead atoms. The number of hydrogen-bond acceptors (Lipinski definition) is 7. The number of carbonyl (C=O) groups is 3. The maximum Gasteiger partial charge on any atom is 0.374 e. The Morgan fingerprint density at radius 1 is 1.00 bits per heavy atom. The van der Waals surface area contributed by atoms with Crippen LogP contribution in [-0.4, -0.2) is 86.2 Å². The molecule has 2 aliphatic rings. The summed E-state index contributed by atoms with van der Waals surface area (Å²) in [5.41, 5.74) is -0.449. The Labute approximate surface area is 194 Å². The molecular weight excluding hydrogens is 450 g/mol. The van der Waals surface area contributed by atoms with Crippen LogP contribution in [0.2, 0.25) is 0 Å². The lowest BCUT2D eigenvalue weighted by atomic mass is 9.94. The number of rotatable bonds is 5. The van der Waals surface area contributed by atoms with Crippen LogP contribution >= 0.6 is 0 Å². The molecule has 2 saturated heterocycles. The fraction of sp³-hybridized carbons (Fsp3) is 0.682. The summed E-state index contributed by atoms with van der Waals surface area (Å²) in [7, 11) is -3.90. The summed E-state index contributed by atoms with van der Waals surface area (Å²) in [6.45, 7) is 9.84. The van der Waals surface area contributed by atoms with Crippen LogP contribution in [0.25, 0.3) is 0 Å². The second-order valence-electron chi connectivity index (χ2n) is 9.38. The minimum Gasteiger partial charge on any atom is -0.460 e. The van der Waals surface area contributed by atoms with Gasteiger partial charge < -0.3 is 19.0 Å². The van der Waals surface area contributed by atoms with Crippen molar-refractivity contribution in [2.75, 3.05) is 45.9 Å². The normalized spacial score (nSPS) is 18.9. The third kappa shape index (κ3) is 5.57. The molecule has 1 aromatic heterocycles. The van der Waals surface area contributed by atoms with Gasteiger partial charge in [0.05, 0.1) is 6.61 Å². The first kappa shape index (κ1) is 25.2. The summed E-state index contributed by atoms with van der Waals surface area (Å²) in [5, 5.41) is -0.310. The Morgan fingerprint density at radius 3 is 2.12 bits per heavy atom. The molecule has 2 fully saturated rings. The van der Waals surface area contributed by atoms with Crippen LogP contribution in [0.4, 0.5) is 0 Å². The molecule has 3 heterocycles. The molecule has 10 nitrogen and oxygen atoms in total. The van der Waals surface area contributed by atoms with Crippen LogP contribution in [0.15, 0.2) is 21.6 Å². The van der Waals surface area contributed by atoms with Crippen molar-refractivity contribution in [3.63, 3.8) is 0 Å². The summed E-state index contributed by atoms with van der Waals surface area (Å²) in [6, 6.07) is 2.53. The van der Waals surface area contributed by atoms with Crippen LogP contribution in [-0.2, 0) is 24.3 Å². The molecule has 0 spiro atoms. The van der Waals surface area contributed by atoms with Crippen molar-refractivity contribution in [1.29, 1.82) is 0 Å². The molecule has 0 aliphatic carbocycles. The second-order valence-corrected chi connectivity index (χ2v) is 11.3. The summed E-state index contributed by atoms with van der Waals surface area (Å²) >= 11 is 0.